The van der Waals surface area contributed by atoms with Crippen molar-refractivity contribution in [1.29, 1.82) is 0 Å². The summed E-state index contributed by atoms with van der Waals surface area (Å²) in [4.78, 5) is 32.3. The van der Waals surface area contributed by atoms with Gasteiger partial charge in [0, 0.05) is 24.7 Å². The van der Waals surface area contributed by atoms with Crippen LogP contribution in [0.4, 0.5) is 19.8 Å². The molecule has 0 bridgehead atoms. The molecule has 0 radical (unpaired) electrons. The number of rotatable bonds is 14. The molecule has 2 aromatic carbocycles. The molecule has 1 aliphatic heterocycles. The third-order valence-corrected chi connectivity index (χ3v) is 8.07. The van der Waals surface area contributed by atoms with Gasteiger partial charge in [-0.2, -0.15) is 0 Å². The molecule has 2 unspecified atom stereocenters. The van der Waals surface area contributed by atoms with E-state index in [2.05, 4.69) is 22.8 Å². The summed E-state index contributed by atoms with van der Waals surface area (Å²) in [6.07, 6.45) is 1.58. The maximum atomic E-state index is 13.5. The van der Waals surface area contributed by atoms with Crippen molar-refractivity contribution >= 4 is 18.0 Å². The average molecular weight is 663 g/mol. The van der Waals surface area contributed by atoms with E-state index in [4.69, 9.17) is 19.2 Å². The first-order chi connectivity index (χ1) is 22.7. The lowest BCUT2D eigenvalue weighted by molar-refractivity contribution is 0.0186. The number of hydrogen-bond donors (Lipinski definition) is 2. The van der Waals surface area contributed by atoms with Gasteiger partial charge in [0.05, 0.1) is 19.3 Å². The molecule has 4 rings (SSSR count). The number of benzene rings is 2. The molecule has 10 heteroatoms. The molecule has 2 amide bonds. The largest absolute Gasteiger partial charge is 0.444 e. The van der Waals surface area contributed by atoms with E-state index in [9.17, 15) is 14.0 Å². The normalized spacial score (nSPS) is 16.5. The van der Waals surface area contributed by atoms with Crippen LogP contribution in [0.15, 0.2) is 66.7 Å². The number of ether oxygens (including phenoxy) is 3. The summed E-state index contributed by atoms with van der Waals surface area (Å²) in [6.45, 7) is 13.9. The Hall–Kier alpha value is -4.02. The number of pyridine rings is 1. The fourth-order valence-electron chi connectivity index (χ4n) is 5.73. The summed E-state index contributed by atoms with van der Waals surface area (Å²) >= 11 is 0. The van der Waals surface area contributed by atoms with Crippen molar-refractivity contribution < 1.29 is 28.2 Å². The Balaban J connectivity index is 1.34. The predicted octanol–water partition coefficient (Wildman–Crippen LogP) is 7.12. The second-order valence-electron chi connectivity index (χ2n) is 14.2. The molecule has 48 heavy (non-hydrogen) atoms. The highest BCUT2D eigenvalue weighted by Gasteiger charge is 2.38. The standard InChI is InChI=1S/C38H51FN4O5/c1-27-21-32(41-34(22-27)42-35(44)47-38(5,6)17-15-28-11-8-7-9-12-28)24-30-25-43(36(45)48-37(2,3)4)26-33(30)46-20-19-40-18-16-29-13-10-14-31(39)23-29/h7-14,21-23,30,33,40H,15-20,24-26H2,1-6H3,(H,41,42,44). The molecule has 1 fully saturated rings. The lowest BCUT2D eigenvalue weighted by atomic mass is 9.98. The molecule has 2 N–H and O–H groups in total. The molecule has 0 saturated carbocycles. The number of nitrogens with zero attached hydrogens (tertiary/aromatic N) is 2. The van der Waals surface area contributed by atoms with Crippen LogP contribution in [0.5, 0.6) is 0 Å². The first kappa shape index (κ1) is 36.8. The van der Waals surface area contributed by atoms with Crippen molar-refractivity contribution in [1.82, 2.24) is 15.2 Å². The van der Waals surface area contributed by atoms with Gasteiger partial charge >= 0.3 is 12.2 Å². The van der Waals surface area contributed by atoms with Crippen LogP contribution < -0.4 is 10.6 Å². The maximum Gasteiger partial charge on any atom is 0.413 e. The smallest absolute Gasteiger partial charge is 0.413 e. The van der Waals surface area contributed by atoms with Crippen LogP contribution in [0.3, 0.4) is 0 Å². The Bertz CT molecular complexity index is 1490. The Morgan fingerprint density at radius 3 is 2.40 bits per heavy atom. The monoisotopic (exact) mass is 662 g/mol. The maximum absolute atomic E-state index is 13.5. The van der Waals surface area contributed by atoms with Gasteiger partial charge in [0.15, 0.2) is 0 Å². The van der Waals surface area contributed by atoms with Crippen LogP contribution in [-0.4, -0.2) is 72.2 Å². The SMILES string of the molecule is Cc1cc(CC2CN(C(=O)OC(C)(C)C)CC2OCCNCCc2cccc(F)c2)nc(NC(=O)OC(C)(C)CCc2ccccc2)c1. The van der Waals surface area contributed by atoms with Crippen LogP contribution in [0.25, 0.3) is 0 Å². The fraction of sp³-hybridized carbons (Fsp3) is 0.500. The Kier molecular flexibility index (Phi) is 12.9. The minimum Gasteiger partial charge on any atom is -0.444 e. The Labute approximate surface area is 284 Å². The van der Waals surface area contributed by atoms with E-state index < -0.39 is 17.3 Å². The van der Waals surface area contributed by atoms with Gasteiger partial charge in [0.25, 0.3) is 0 Å². The molecule has 9 nitrogen and oxygen atoms in total. The number of carbonyl (C=O) groups is 2. The third kappa shape index (κ3) is 12.5. The van der Waals surface area contributed by atoms with E-state index in [0.717, 1.165) is 23.2 Å². The van der Waals surface area contributed by atoms with Gasteiger partial charge in [-0.25, -0.2) is 19.0 Å². The van der Waals surface area contributed by atoms with E-state index in [1.54, 1.807) is 17.0 Å². The van der Waals surface area contributed by atoms with Crippen LogP contribution >= 0.6 is 0 Å². The molecule has 260 valence electrons. The number of aryl methyl sites for hydroxylation is 2. The third-order valence-electron chi connectivity index (χ3n) is 8.07. The minimum absolute atomic E-state index is 0.0316. The second-order valence-corrected chi connectivity index (χ2v) is 14.2. The van der Waals surface area contributed by atoms with Crippen LogP contribution in [0.1, 0.15) is 63.4 Å². The van der Waals surface area contributed by atoms with Crippen molar-refractivity contribution in [2.75, 3.05) is 38.1 Å². The van der Waals surface area contributed by atoms with Gasteiger partial charge in [-0.15, -0.1) is 0 Å². The number of aromatic nitrogens is 1. The lowest BCUT2D eigenvalue weighted by Gasteiger charge is -2.25. The number of nitrogens with one attached hydrogen (secondary N) is 2. The zero-order valence-electron chi connectivity index (χ0n) is 29.2. The van der Waals surface area contributed by atoms with Crippen molar-refractivity contribution in [3.05, 3.63) is 94.9 Å². The minimum atomic E-state index is -0.666. The number of hydrogen-bond acceptors (Lipinski definition) is 7. The van der Waals surface area contributed by atoms with Crippen LogP contribution in [0.2, 0.25) is 0 Å². The van der Waals surface area contributed by atoms with Crippen molar-refractivity contribution in [2.24, 2.45) is 5.92 Å². The molecule has 1 saturated heterocycles. The van der Waals surface area contributed by atoms with Crippen molar-refractivity contribution in [3.63, 3.8) is 0 Å². The molecule has 2 heterocycles. The Morgan fingerprint density at radius 1 is 0.917 bits per heavy atom. The topological polar surface area (TPSA) is 102 Å². The van der Waals surface area contributed by atoms with Crippen LogP contribution in [-0.2, 0) is 33.5 Å². The zero-order valence-corrected chi connectivity index (χ0v) is 29.2. The van der Waals surface area contributed by atoms with Gasteiger partial charge in [-0.1, -0.05) is 42.5 Å². The summed E-state index contributed by atoms with van der Waals surface area (Å²) in [5, 5.41) is 6.17. The predicted molar refractivity (Wildman–Crippen MR) is 186 cm³/mol. The van der Waals surface area contributed by atoms with Gasteiger partial charge in [-0.3, -0.25) is 5.32 Å². The highest BCUT2D eigenvalue weighted by atomic mass is 19.1. The average Bonchev–Trinajstić information content (AvgIpc) is 3.39. The van der Waals surface area contributed by atoms with E-state index in [0.29, 0.717) is 57.9 Å². The van der Waals surface area contributed by atoms with E-state index in [1.807, 2.05) is 77.9 Å². The molecule has 0 aliphatic carbocycles. The van der Waals surface area contributed by atoms with Crippen LogP contribution in [0, 0.1) is 18.7 Å². The van der Waals surface area contributed by atoms with E-state index in [-0.39, 0.29) is 23.9 Å². The van der Waals surface area contributed by atoms with Crippen molar-refractivity contribution in [2.45, 2.75) is 84.5 Å². The second kappa shape index (κ2) is 16.9. The summed E-state index contributed by atoms with van der Waals surface area (Å²) in [5.74, 6) is 0.147. The first-order valence-corrected chi connectivity index (χ1v) is 16.8. The number of likely N-dealkylation sites (tertiary alicyclic amines) is 1. The van der Waals surface area contributed by atoms with Gasteiger partial charge < -0.3 is 24.4 Å². The zero-order chi connectivity index (χ0) is 34.7. The number of carbonyl (C=O) groups excluding carboxylic acids is 2. The summed E-state index contributed by atoms with van der Waals surface area (Å²) in [6, 6.07) is 20.5. The molecule has 1 aromatic heterocycles. The summed E-state index contributed by atoms with van der Waals surface area (Å²) < 4.78 is 31.2. The summed E-state index contributed by atoms with van der Waals surface area (Å²) in [5.41, 5.74) is 2.58. The highest BCUT2D eigenvalue weighted by Crippen LogP contribution is 2.27. The lowest BCUT2D eigenvalue weighted by Crippen LogP contribution is -2.36. The fourth-order valence-corrected chi connectivity index (χ4v) is 5.73. The molecule has 2 atom stereocenters. The number of halogens is 1. The number of amides is 2. The molecule has 3 aromatic rings. The van der Waals surface area contributed by atoms with Crippen molar-refractivity contribution in [3.8, 4) is 0 Å². The van der Waals surface area contributed by atoms with Gasteiger partial charge in [0.1, 0.15) is 22.8 Å². The first-order valence-electron chi connectivity index (χ1n) is 16.8. The molecular formula is C38H51FN4O5. The summed E-state index contributed by atoms with van der Waals surface area (Å²) in [7, 11) is 0. The Morgan fingerprint density at radius 2 is 1.67 bits per heavy atom. The highest BCUT2D eigenvalue weighted by molar-refractivity contribution is 5.83. The van der Waals surface area contributed by atoms with E-state index >= 15 is 0 Å². The molecular weight excluding hydrogens is 611 g/mol. The molecule has 1 aliphatic rings. The molecule has 0 spiro atoms. The number of anilines is 1. The van der Waals surface area contributed by atoms with E-state index in [1.165, 1.54) is 11.6 Å². The quantitative estimate of drug-likeness (QED) is 0.177. The van der Waals surface area contributed by atoms with Gasteiger partial charge in [-0.05, 0) is 115 Å². The van der Waals surface area contributed by atoms with Gasteiger partial charge in [0.2, 0.25) is 0 Å².